The molecule has 0 saturated carbocycles. The second kappa shape index (κ2) is 6.01. The van der Waals surface area contributed by atoms with Gasteiger partial charge in [0.15, 0.2) is 0 Å². The third-order valence-electron chi connectivity index (χ3n) is 3.81. The molecule has 0 fully saturated rings. The van der Waals surface area contributed by atoms with E-state index in [1.54, 1.807) is 0 Å². The predicted octanol–water partition coefficient (Wildman–Crippen LogP) is 4.17. The van der Waals surface area contributed by atoms with Crippen LogP contribution in [0.4, 0.5) is 5.69 Å². The maximum Gasteiger partial charge on any atom is 0.264 e. The number of rotatable bonds is 2. The zero-order valence-electron chi connectivity index (χ0n) is 12.9. The lowest BCUT2D eigenvalue weighted by molar-refractivity contribution is 0.174. The van der Waals surface area contributed by atoms with Crippen molar-refractivity contribution in [2.24, 2.45) is 4.99 Å². The van der Waals surface area contributed by atoms with Gasteiger partial charge >= 0.3 is 0 Å². The van der Waals surface area contributed by atoms with Crippen LogP contribution in [0.5, 0.6) is 0 Å². The van der Waals surface area contributed by atoms with Crippen LogP contribution in [0.3, 0.4) is 0 Å². The Labute approximate surface area is 139 Å². The molecule has 4 aromatic rings. The number of benzene rings is 3. The van der Waals surface area contributed by atoms with Crippen LogP contribution in [0, 0.1) is 0 Å². The Morgan fingerprint density at radius 2 is 1.38 bits per heavy atom. The number of aromatic nitrogens is 2. The fraction of sp³-hybridized carbons (Fsp3) is 0. The SMILES string of the molecule is On1c(-c2ccccc2)c2ccccc2nc1=Nc1ccccc1. The molecule has 0 aliphatic rings. The van der Waals surface area contributed by atoms with Crippen molar-refractivity contribution in [3.63, 3.8) is 0 Å². The second-order valence-corrected chi connectivity index (χ2v) is 5.40. The topological polar surface area (TPSA) is 50.4 Å². The lowest BCUT2D eigenvalue weighted by Gasteiger charge is -2.11. The lowest BCUT2D eigenvalue weighted by Crippen LogP contribution is -2.24. The molecule has 0 saturated heterocycles. The predicted molar refractivity (Wildman–Crippen MR) is 94.0 cm³/mol. The van der Waals surface area contributed by atoms with Crippen LogP contribution in [0.25, 0.3) is 22.2 Å². The first-order valence-corrected chi connectivity index (χ1v) is 7.69. The second-order valence-electron chi connectivity index (χ2n) is 5.40. The first kappa shape index (κ1) is 14.2. The van der Waals surface area contributed by atoms with E-state index in [1.807, 2.05) is 84.9 Å². The van der Waals surface area contributed by atoms with Crippen LogP contribution in [0.1, 0.15) is 0 Å². The monoisotopic (exact) mass is 313 g/mol. The van der Waals surface area contributed by atoms with Gasteiger partial charge in [-0.25, -0.2) is 9.98 Å². The molecule has 0 spiro atoms. The summed E-state index contributed by atoms with van der Waals surface area (Å²) in [5.41, 5.74) is 3.36. The van der Waals surface area contributed by atoms with Gasteiger partial charge in [-0.1, -0.05) is 66.7 Å². The van der Waals surface area contributed by atoms with Crippen LogP contribution in [-0.4, -0.2) is 14.9 Å². The minimum absolute atomic E-state index is 0.249. The smallest absolute Gasteiger partial charge is 0.264 e. The highest BCUT2D eigenvalue weighted by Crippen LogP contribution is 2.25. The van der Waals surface area contributed by atoms with Gasteiger partial charge in [0.05, 0.1) is 11.2 Å². The van der Waals surface area contributed by atoms with E-state index >= 15 is 0 Å². The average Bonchev–Trinajstić information content (AvgIpc) is 2.64. The third kappa shape index (κ3) is 2.54. The van der Waals surface area contributed by atoms with Crippen molar-refractivity contribution < 1.29 is 5.21 Å². The van der Waals surface area contributed by atoms with Gasteiger partial charge in [-0.05, 0) is 18.2 Å². The molecule has 0 amide bonds. The Hall–Kier alpha value is -3.40. The maximum atomic E-state index is 10.8. The highest BCUT2D eigenvalue weighted by atomic mass is 16.5. The summed E-state index contributed by atoms with van der Waals surface area (Å²) < 4.78 is 1.06. The molecule has 4 nitrogen and oxygen atoms in total. The summed E-state index contributed by atoms with van der Waals surface area (Å²) >= 11 is 0. The minimum Gasteiger partial charge on any atom is -0.425 e. The molecule has 0 atom stereocenters. The standard InChI is InChI=1S/C20H15N3O/c24-23-19(15-9-3-1-4-10-15)17-13-7-8-14-18(17)22-20(23)21-16-11-5-2-6-12-16/h1-14,24H. The van der Waals surface area contributed by atoms with Gasteiger partial charge in [-0.15, -0.1) is 4.73 Å². The molecule has 0 radical (unpaired) electrons. The molecule has 1 aromatic heterocycles. The van der Waals surface area contributed by atoms with Gasteiger partial charge < -0.3 is 5.21 Å². The molecule has 3 aromatic carbocycles. The summed E-state index contributed by atoms with van der Waals surface area (Å²) in [6, 6.07) is 27.0. The Morgan fingerprint density at radius 3 is 2.12 bits per heavy atom. The summed E-state index contributed by atoms with van der Waals surface area (Å²) in [6.07, 6.45) is 0. The first-order valence-electron chi connectivity index (χ1n) is 7.69. The van der Waals surface area contributed by atoms with Crippen molar-refractivity contribution in [3.8, 4) is 11.3 Å². The summed E-state index contributed by atoms with van der Waals surface area (Å²) in [4.78, 5) is 8.98. The normalized spacial score (nSPS) is 11.8. The molecule has 24 heavy (non-hydrogen) atoms. The van der Waals surface area contributed by atoms with Crippen molar-refractivity contribution in [1.29, 1.82) is 0 Å². The highest BCUT2D eigenvalue weighted by Gasteiger charge is 2.11. The quantitative estimate of drug-likeness (QED) is 0.565. The molecule has 0 unspecified atom stereocenters. The molecule has 4 rings (SSSR count). The average molecular weight is 313 g/mol. The van der Waals surface area contributed by atoms with Gasteiger partial charge in [0.2, 0.25) is 0 Å². The lowest BCUT2D eigenvalue weighted by atomic mass is 10.1. The number of para-hydroxylation sites is 2. The van der Waals surface area contributed by atoms with Gasteiger partial charge in [0, 0.05) is 10.9 Å². The van der Waals surface area contributed by atoms with Crippen molar-refractivity contribution >= 4 is 16.6 Å². The number of nitrogens with zero attached hydrogens (tertiary/aromatic N) is 3. The van der Waals surface area contributed by atoms with Crippen LogP contribution < -0.4 is 5.62 Å². The number of hydrogen-bond acceptors (Lipinski definition) is 3. The Morgan fingerprint density at radius 1 is 0.750 bits per heavy atom. The molecular weight excluding hydrogens is 298 g/mol. The largest absolute Gasteiger partial charge is 0.425 e. The van der Waals surface area contributed by atoms with Crippen molar-refractivity contribution in [2.45, 2.75) is 0 Å². The Bertz CT molecular complexity index is 1050. The van der Waals surface area contributed by atoms with E-state index in [4.69, 9.17) is 0 Å². The zero-order chi connectivity index (χ0) is 16.4. The van der Waals surface area contributed by atoms with Crippen molar-refractivity contribution in [1.82, 2.24) is 9.71 Å². The third-order valence-corrected chi connectivity index (χ3v) is 3.81. The molecule has 1 heterocycles. The van der Waals surface area contributed by atoms with Crippen LogP contribution in [-0.2, 0) is 0 Å². The maximum absolute atomic E-state index is 10.8. The van der Waals surface area contributed by atoms with E-state index in [1.165, 1.54) is 0 Å². The fourth-order valence-corrected chi connectivity index (χ4v) is 2.70. The minimum atomic E-state index is 0.249. The molecule has 0 aliphatic carbocycles. The summed E-state index contributed by atoms with van der Waals surface area (Å²) in [5, 5.41) is 11.6. The van der Waals surface area contributed by atoms with E-state index in [9.17, 15) is 5.21 Å². The van der Waals surface area contributed by atoms with Crippen molar-refractivity contribution in [3.05, 3.63) is 90.5 Å². The summed E-state index contributed by atoms with van der Waals surface area (Å²) in [5.74, 6) is 0. The van der Waals surface area contributed by atoms with Gasteiger partial charge in [-0.3, -0.25) is 0 Å². The molecule has 116 valence electrons. The molecule has 0 aliphatic heterocycles. The van der Waals surface area contributed by atoms with Gasteiger partial charge in [0.1, 0.15) is 5.69 Å². The highest BCUT2D eigenvalue weighted by molar-refractivity contribution is 5.92. The molecule has 0 bridgehead atoms. The summed E-state index contributed by atoms with van der Waals surface area (Å²) in [7, 11) is 0. The first-order chi connectivity index (χ1) is 11.8. The van der Waals surface area contributed by atoms with Gasteiger partial charge in [-0.2, -0.15) is 0 Å². The van der Waals surface area contributed by atoms with Gasteiger partial charge in [0.25, 0.3) is 5.62 Å². The van der Waals surface area contributed by atoms with E-state index < -0.39 is 0 Å². The Kier molecular flexibility index (Phi) is 3.56. The van der Waals surface area contributed by atoms with Crippen molar-refractivity contribution in [2.75, 3.05) is 0 Å². The molecule has 1 N–H and O–H groups in total. The fourth-order valence-electron chi connectivity index (χ4n) is 2.70. The van der Waals surface area contributed by atoms with E-state index in [0.717, 1.165) is 26.9 Å². The van der Waals surface area contributed by atoms with Crippen LogP contribution in [0.15, 0.2) is 89.9 Å². The number of fused-ring (bicyclic) bond motifs is 1. The van der Waals surface area contributed by atoms with E-state index in [2.05, 4.69) is 9.98 Å². The molecular formula is C20H15N3O. The Balaban J connectivity index is 2.07. The van der Waals surface area contributed by atoms with Crippen LogP contribution in [0.2, 0.25) is 0 Å². The molecule has 4 heteroatoms. The van der Waals surface area contributed by atoms with Crippen LogP contribution >= 0.6 is 0 Å². The van der Waals surface area contributed by atoms with E-state index in [0.29, 0.717) is 5.69 Å². The van der Waals surface area contributed by atoms with E-state index in [-0.39, 0.29) is 5.62 Å². The number of hydrogen-bond donors (Lipinski definition) is 1. The zero-order valence-corrected chi connectivity index (χ0v) is 12.9. The summed E-state index contributed by atoms with van der Waals surface area (Å²) in [6.45, 7) is 0.